The number of aromatic carboxylic acids is 1. The normalized spacial score (nSPS) is 15.3. The van der Waals surface area contributed by atoms with Crippen molar-refractivity contribution in [2.24, 2.45) is 0 Å². The first-order chi connectivity index (χ1) is 8.74. The topological polar surface area (TPSA) is 62.2 Å². The molecule has 1 aliphatic rings. The molecule has 0 atom stereocenters. The van der Waals surface area contributed by atoms with Gasteiger partial charge in [0.05, 0.1) is 0 Å². The molecule has 18 heavy (non-hydrogen) atoms. The van der Waals surface area contributed by atoms with Crippen LogP contribution in [0.25, 0.3) is 10.8 Å². The molecule has 1 aliphatic carbocycles. The molecule has 0 aliphatic heterocycles. The van der Waals surface area contributed by atoms with E-state index in [1.807, 2.05) is 24.3 Å². The molecule has 1 aromatic carbocycles. The van der Waals surface area contributed by atoms with E-state index in [4.69, 9.17) is 5.11 Å². The van der Waals surface area contributed by atoms with Crippen LogP contribution in [0.4, 0.5) is 5.82 Å². The highest BCUT2D eigenvalue weighted by molar-refractivity contribution is 5.97. The van der Waals surface area contributed by atoms with Crippen LogP contribution in [0.1, 0.15) is 29.8 Å². The van der Waals surface area contributed by atoms with Crippen LogP contribution in [0.5, 0.6) is 0 Å². The number of hydrogen-bond donors (Lipinski definition) is 2. The molecule has 92 valence electrons. The molecule has 0 spiro atoms. The number of benzene rings is 1. The Kier molecular flexibility index (Phi) is 2.63. The maximum absolute atomic E-state index is 11.1. The zero-order chi connectivity index (χ0) is 12.5. The summed E-state index contributed by atoms with van der Waals surface area (Å²) in [6, 6.07) is 9.77. The van der Waals surface area contributed by atoms with Crippen molar-refractivity contribution >= 4 is 22.6 Å². The second-order valence-electron chi connectivity index (χ2n) is 4.65. The summed E-state index contributed by atoms with van der Waals surface area (Å²) in [4.78, 5) is 15.3. The maximum Gasteiger partial charge on any atom is 0.354 e. The molecule has 0 radical (unpaired) electrons. The van der Waals surface area contributed by atoms with Crippen LogP contribution in [-0.2, 0) is 0 Å². The fourth-order valence-electron chi connectivity index (χ4n) is 2.16. The largest absolute Gasteiger partial charge is 0.477 e. The van der Waals surface area contributed by atoms with Crippen LogP contribution in [-0.4, -0.2) is 22.1 Å². The lowest BCUT2D eigenvalue weighted by Crippen LogP contribution is -2.27. The third kappa shape index (κ3) is 1.90. The van der Waals surface area contributed by atoms with Crippen LogP contribution in [0.15, 0.2) is 30.3 Å². The zero-order valence-corrected chi connectivity index (χ0v) is 9.89. The fraction of sp³-hybridized carbons (Fsp3) is 0.286. The SMILES string of the molecule is O=C(O)c1cc2ccccc2c(NC2CCC2)n1. The first kappa shape index (κ1) is 11.0. The van der Waals surface area contributed by atoms with Gasteiger partial charge in [0.15, 0.2) is 5.69 Å². The molecule has 4 nitrogen and oxygen atoms in total. The summed E-state index contributed by atoms with van der Waals surface area (Å²) < 4.78 is 0. The highest BCUT2D eigenvalue weighted by Gasteiger charge is 2.19. The number of rotatable bonds is 3. The summed E-state index contributed by atoms with van der Waals surface area (Å²) in [7, 11) is 0. The number of hydrogen-bond acceptors (Lipinski definition) is 3. The lowest BCUT2D eigenvalue weighted by atomic mass is 9.93. The average Bonchev–Trinajstić information content (AvgIpc) is 2.33. The number of nitrogens with zero attached hydrogens (tertiary/aromatic N) is 1. The van der Waals surface area contributed by atoms with Gasteiger partial charge >= 0.3 is 5.97 Å². The molecular formula is C14H14N2O2. The van der Waals surface area contributed by atoms with Crippen LogP contribution in [0, 0.1) is 0 Å². The van der Waals surface area contributed by atoms with E-state index in [1.54, 1.807) is 6.07 Å². The Balaban J connectivity index is 2.10. The summed E-state index contributed by atoms with van der Waals surface area (Å²) in [5.74, 6) is -0.299. The molecule has 1 aromatic heterocycles. The Hall–Kier alpha value is -2.10. The quantitative estimate of drug-likeness (QED) is 0.868. The number of pyridine rings is 1. The van der Waals surface area contributed by atoms with Crippen LogP contribution < -0.4 is 5.32 Å². The summed E-state index contributed by atoms with van der Waals surface area (Å²) in [6.07, 6.45) is 3.49. The Morgan fingerprint density at radius 1 is 1.33 bits per heavy atom. The molecule has 0 saturated heterocycles. The molecule has 2 aromatic rings. The third-order valence-corrected chi connectivity index (χ3v) is 3.41. The maximum atomic E-state index is 11.1. The number of anilines is 1. The Bertz CT molecular complexity index is 606. The van der Waals surface area contributed by atoms with E-state index >= 15 is 0 Å². The third-order valence-electron chi connectivity index (χ3n) is 3.41. The van der Waals surface area contributed by atoms with E-state index in [-0.39, 0.29) is 5.69 Å². The van der Waals surface area contributed by atoms with Gasteiger partial charge in [0.1, 0.15) is 5.82 Å². The van der Waals surface area contributed by atoms with E-state index in [2.05, 4.69) is 10.3 Å². The van der Waals surface area contributed by atoms with E-state index in [9.17, 15) is 4.79 Å². The average molecular weight is 242 g/mol. The molecule has 1 saturated carbocycles. The monoisotopic (exact) mass is 242 g/mol. The fourth-order valence-corrected chi connectivity index (χ4v) is 2.16. The molecule has 3 rings (SSSR count). The number of carboxylic acids is 1. The van der Waals surface area contributed by atoms with Crippen molar-refractivity contribution in [3.05, 3.63) is 36.0 Å². The molecule has 1 heterocycles. The van der Waals surface area contributed by atoms with Gasteiger partial charge < -0.3 is 10.4 Å². The molecule has 4 heteroatoms. The minimum absolute atomic E-state index is 0.0931. The molecular weight excluding hydrogens is 228 g/mol. The van der Waals surface area contributed by atoms with Gasteiger partial charge in [-0.2, -0.15) is 0 Å². The van der Waals surface area contributed by atoms with Crippen LogP contribution in [0.2, 0.25) is 0 Å². The van der Waals surface area contributed by atoms with E-state index < -0.39 is 5.97 Å². The van der Waals surface area contributed by atoms with Crippen molar-refractivity contribution < 1.29 is 9.90 Å². The van der Waals surface area contributed by atoms with Crippen molar-refractivity contribution in [1.29, 1.82) is 0 Å². The lowest BCUT2D eigenvalue weighted by Gasteiger charge is -2.27. The lowest BCUT2D eigenvalue weighted by molar-refractivity contribution is 0.0691. The summed E-state index contributed by atoms with van der Waals surface area (Å²) >= 11 is 0. The van der Waals surface area contributed by atoms with Crippen LogP contribution in [0.3, 0.4) is 0 Å². The van der Waals surface area contributed by atoms with Gasteiger partial charge in [0, 0.05) is 11.4 Å². The van der Waals surface area contributed by atoms with Gasteiger partial charge in [-0.25, -0.2) is 9.78 Å². The van der Waals surface area contributed by atoms with Gasteiger partial charge in [0.2, 0.25) is 0 Å². The number of carbonyl (C=O) groups is 1. The first-order valence-electron chi connectivity index (χ1n) is 6.13. The first-order valence-corrected chi connectivity index (χ1v) is 6.13. The standard InChI is InChI=1S/C14H14N2O2/c17-14(18)12-8-9-4-1-2-7-11(9)13(16-12)15-10-5-3-6-10/h1-2,4,7-8,10H,3,5-6H2,(H,15,16)(H,17,18). The van der Waals surface area contributed by atoms with Crippen molar-refractivity contribution in [1.82, 2.24) is 4.98 Å². The number of carboxylic acid groups (broad SMARTS) is 1. The minimum atomic E-state index is -0.989. The predicted molar refractivity (Wildman–Crippen MR) is 70.0 cm³/mol. The molecule has 1 fully saturated rings. The number of nitrogens with one attached hydrogen (secondary N) is 1. The smallest absolute Gasteiger partial charge is 0.354 e. The molecule has 2 N–H and O–H groups in total. The van der Waals surface area contributed by atoms with Gasteiger partial charge in [-0.1, -0.05) is 24.3 Å². The molecule has 0 bridgehead atoms. The van der Waals surface area contributed by atoms with Crippen molar-refractivity contribution in [3.8, 4) is 0 Å². The summed E-state index contributed by atoms with van der Waals surface area (Å²) in [5.41, 5.74) is 0.0931. The highest BCUT2D eigenvalue weighted by atomic mass is 16.4. The van der Waals surface area contributed by atoms with Gasteiger partial charge in [-0.3, -0.25) is 0 Å². The van der Waals surface area contributed by atoms with E-state index in [0.717, 1.165) is 23.6 Å². The Morgan fingerprint density at radius 3 is 2.78 bits per heavy atom. The Morgan fingerprint density at radius 2 is 2.11 bits per heavy atom. The zero-order valence-electron chi connectivity index (χ0n) is 9.89. The Labute approximate surface area is 105 Å². The minimum Gasteiger partial charge on any atom is -0.477 e. The second-order valence-corrected chi connectivity index (χ2v) is 4.65. The van der Waals surface area contributed by atoms with Crippen molar-refractivity contribution in [2.45, 2.75) is 25.3 Å². The van der Waals surface area contributed by atoms with Gasteiger partial charge in [0.25, 0.3) is 0 Å². The molecule has 0 unspecified atom stereocenters. The number of aromatic nitrogens is 1. The second kappa shape index (κ2) is 4.29. The van der Waals surface area contributed by atoms with Crippen molar-refractivity contribution in [3.63, 3.8) is 0 Å². The van der Waals surface area contributed by atoms with E-state index in [0.29, 0.717) is 11.9 Å². The van der Waals surface area contributed by atoms with Crippen molar-refractivity contribution in [2.75, 3.05) is 5.32 Å². The predicted octanol–water partition coefficient (Wildman–Crippen LogP) is 2.90. The summed E-state index contributed by atoms with van der Waals surface area (Å²) in [5, 5.41) is 14.3. The van der Waals surface area contributed by atoms with Gasteiger partial charge in [-0.05, 0) is 30.7 Å². The highest BCUT2D eigenvalue weighted by Crippen LogP contribution is 2.27. The van der Waals surface area contributed by atoms with E-state index in [1.165, 1.54) is 6.42 Å². The van der Waals surface area contributed by atoms with Crippen LogP contribution >= 0.6 is 0 Å². The summed E-state index contributed by atoms with van der Waals surface area (Å²) in [6.45, 7) is 0. The number of fused-ring (bicyclic) bond motifs is 1. The molecule has 0 amide bonds. The van der Waals surface area contributed by atoms with Gasteiger partial charge in [-0.15, -0.1) is 0 Å².